The Morgan fingerprint density at radius 1 is 1.12 bits per heavy atom. The Hall–Kier alpha value is -0.830. The van der Waals surface area contributed by atoms with Gasteiger partial charge in [0.1, 0.15) is 0 Å². The average Bonchev–Trinajstić information content (AvgIpc) is 2.73. The van der Waals surface area contributed by atoms with Gasteiger partial charge in [-0.3, -0.25) is 4.68 Å². The van der Waals surface area contributed by atoms with Gasteiger partial charge in [-0.15, -0.1) is 0 Å². The first-order chi connectivity index (χ1) is 7.95. The molecule has 0 aromatic carbocycles. The highest BCUT2D eigenvalue weighted by atomic mass is 15.3. The smallest absolute Gasteiger partial charge is 0.0534 e. The van der Waals surface area contributed by atoms with Crippen LogP contribution in [0.2, 0.25) is 0 Å². The second-order valence-electron chi connectivity index (χ2n) is 4.77. The van der Waals surface area contributed by atoms with Crippen LogP contribution in [0.4, 0.5) is 0 Å². The van der Waals surface area contributed by atoms with Gasteiger partial charge in [0.05, 0.1) is 6.54 Å². The molecule has 1 aromatic rings. The molecule has 2 rings (SSSR count). The van der Waals surface area contributed by atoms with Crippen molar-refractivity contribution in [3.8, 4) is 0 Å². The predicted octanol–water partition coefficient (Wildman–Crippen LogP) is 2.59. The van der Waals surface area contributed by atoms with Crippen LogP contribution >= 0.6 is 0 Å². The topological polar surface area (TPSA) is 29.9 Å². The molecule has 1 aliphatic rings. The van der Waals surface area contributed by atoms with Crippen molar-refractivity contribution in [3.05, 3.63) is 18.5 Å². The number of nitrogens with one attached hydrogen (secondary N) is 1. The molecule has 0 aliphatic heterocycles. The van der Waals surface area contributed by atoms with E-state index in [2.05, 4.69) is 10.4 Å². The number of hydrogen-bond donors (Lipinski definition) is 1. The minimum atomic E-state index is 0.746. The van der Waals surface area contributed by atoms with Gasteiger partial charge in [0.15, 0.2) is 0 Å². The molecule has 1 fully saturated rings. The molecule has 1 heterocycles. The van der Waals surface area contributed by atoms with Crippen LogP contribution in [0, 0.1) is 0 Å². The molecule has 0 unspecified atom stereocenters. The van der Waals surface area contributed by atoms with E-state index in [0.717, 1.165) is 19.1 Å². The maximum Gasteiger partial charge on any atom is 0.0534 e. The largest absolute Gasteiger partial charge is 0.312 e. The third-order valence-corrected chi connectivity index (χ3v) is 3.44. The highest BCUT2D eigenvalue weighted by Crippen LogP contribution is 2.16. The van der Waals surface area contributed by atoms with Crippen LogP contribution in [0.5, 0.6) is 0 Å². The molecule has 16 heavy (non-hydrogen) atoms. The fourth-order valence-electron chi connectivity index (χ4n) is 2.48. The molecule has 0 atom stereocenters. The summed E-state index contributed by atoms with van der Waals surface area (Å²) in [4.78, 5) is 0. The molecule has 1 aliphatic carbocycles. The first-order valence-corrected chi connectivity index (χ1v) is 6.66. The minimum Gasteiger partial charge on any atom is -0.312 e. The average molecular weight is 221 g/mol. The molecule has 3 heteroatoms. The Kier molecular flexibility index (Phi) is 4.87. The van der Waals surface area contributed by atoms with Gasteiger partial charge in [-0.2, -0.15) is 5.10 Å². The quantitative estimate of drug-likeness (QED) is 0.847. The minimum absolute atomic E-state index is 0.746. The van der Waals surface area contributed by atoms with Crippen molar-refractivity contribution in [2.45, 2.75) is 57.5 Å². The normalized spacial score (nSPS) is 19.2. The zero-order valence-electron chi connectivity index (χ0n) is 10.1. The maximum atomic E-state index is 4.21. The molecule has 3 nitrogen and oxygen atoms in total. The summed E-state index contributed by atoms with van der Waals surface area (Å²) >= 11 is 0. The Morgan fingerprint density at radius 3 is 2.56 bits per heavy atom. The third-order valence-electron chi connectivity index (χ3n) is 3.44. The number of nitrogens with zero attached hydrogens (tertiary/aromatic N) is 2. The molecule has 0 spiro atoms. The predicted molar refractivity (Wildman–Crippen MR) is 66.3 cm³/mol. The van der Waals surface area contributed by atoms with Crippen LogP contribution in [0.1, 0.15) is 44.9 Å². The zero-order valence-corrected chi connectivity index (χ0v) is 10.1. The fraction of sp³-hybridized carbons (Fsp3) is 0.769. The van der Waals surface area contributed by atoms with Crippen LogP contribution in [-0.4, -0.2) is 22.4 Å². The first kappa shape index (κ1) is 11.6. The second-order valence-corrected chi connectivity index (χ2v) is 4.77. The van der Waals surface area contributed by atoms with E-state index >= 15 is 0 Å². The van der Waals surface area contributed by atoms with E-state index in [9.17, 15) is 0 Å². The third kappa shape index (κ3) is 3.97. The molecule has 0 amide bonds. The van der Waals surface area contributed by atoms with Crippen LogP contribution in [0.3, 0.4) is 0 Å². The molecule has 0 saturated heterocycles. The highest BCUT2D eigenvalue weighted by molar-refractivity contribution is 4.78. The van der Waals surface area contributed by atoms with Gasteiger partial charge in [-0.05, 0) is 18.9 Å². The number of aromatic nitrogens is 2. The Balaban J connectivity index is 1.64. The van der Waals surface area contributed by atoms with Crippen LogP contribution in [-0.2, 0) is 6.54 Å². The summed E-state index contributed by atoms with van der Waals surface area (Å²) in [6, 6.07) is 2.73. The SMILES string of the molecule is c1cnn(CCNC2CCCCCCC2)c1. The Labute approximate surface area is 98.2 Å². The van der Waals surface area contributed by atoms with E-state index in [1.54, 1.807) is 0 Å². The molecule has 1 N–H and O–H groups in total. The van der Waals surface area contributed by atoms with Crippen molar-refractivity contribution in [2.75, 3.05) is 6.54 Å². The standard InChI is InChI=1S/C13H23N3/c1-2-4-7-13(8-5-3-1)14-10-12-16-11-6-9-15-16/h6,9,11,13-14H,1-5,7-8,10,12H2. The molecule has 1 saturated carbocycles. The lowest BCUT2D eigenvalue weighted by molar-refractivity contribution is 0.380. The van der Waals surface area contributed by atoms with Gasteiger partial charge >= 0.3 is 0 Å². The molecular formula is C13H23N3. The Bertz CT molecular complexity index is 261. The summed E-state index contributed by atoms with van der Waals surface area (Å²) in [5, 5.41) is 7.88. The van der Waals surface area contributed by atoms with E-state index in [4.69, 9.17) is 0 Å². The number of rotatable bonds is 4. The summed E-state index contributed by atoms with van der Waals surface area (Å²) in [5.74, 6) is 0. The molecule has 90 valence electrons. The van der Waals surface area contributed by atoms with Crippen LogP contribution in [0.15, 0.2) is 18.5 Å². The van der Waals surface area contributed by atoms with Gasteiger partial charge in [-0.1, -0.05) is 32.1 Å². The van der Waals surface area contributed by atoms with Crippen molar-refractivity contribution in [1.82, 2.24) is 15.1 Å². The van der Waals surface area contributed by atoms with Crippen LogP contribution in [0.25, 0.3) is 0 Å². The van der Waals surface area contributed by atoms with Crippen molar-refractivity contribution in [3.63, 3.8) is 0 Å². The van der Waals surface area contributed by atoms with Gasteiger partial charge in [0.2, 0.25) is 0 Å². The molecular weight excluding hydrogens is 198 g/mol. The van der Waals surface area contributed by atoms with Crippen LogP contribution < -0.4 is 5.32 Å². The molecule has 1 aromatic heterocycles. The monoisotopic (exact) mass is 221 g/mol. The van der Waals surface area contributed by atoms with E-state index in [1.807, 2.05) is 23.1 Å². The summed E-state index contributed by atoms with van der Waals surface area (Å²) in [6.45, 7) is 2.04. The fourth-order valence-corrected chi connectivity index (χ4v) is 2.48. The van der Waals surface area contributed by atoms with Crippen molar-refractivity contribution in [2.24, 2.45) is 0 Å². The van der Waals surface area contributed by atoms with E-state index in [0.29, 0.717) is 0 Å². The maximum absolute atomic E-state index is 4.21. The number of hydrogen-bond acceptors (Lipinski definition) is 2. The molecule has 0 bridgehead atoms. The zero-order chi connectivity index (χ0) is 11.1. The summed E-state index contributed by atoms with van der Waals surface area (Å²) in [6.07, 6.45) is 13.7. The second kappa shape index (κ2) is 6.69. The van der Waals surface area contributed by atoms with E-state index in [1.165, 1.54) is 44.9 Å². The van der Waals surface area contributed by atoms with E-state index in [-0.39, 0.29) is 0 Å². The summed E-state index contributed by atoms with van der Waals surface area (Å²) < 4.78 is 2.00. The summed E-state index contributed by atoms with van der Waals surface area (Å²) in [7, 11) is 0. The lowest BCUT2D eigenvalue weighted by atomic mass is 9.97. The van der Waals surface area contributed by atoms with E-state index < -0.39 is 0 Å². The lowest BCUT2D eigenvalue weighted by Gasteiger charge is -2.21. The summed E-state index contributed by atoms with van der Waals surface area (Å²) in [5.41, 5.74) is 0. The van der Waals surface area contributed by atoms with Crippen molar-refractivity contribution >= 4 is 0 Å². The Morgan fingerprint density at radius 2 is 1.88 bits per heavy atom. The first-order valence-electron chi connectivity index (χ1n) is 6.66. The van der Waals surface area contributed by atoms with Gasteiger partial charge in [0, 0.05) is 25.0 Å². The molecule has 0 radical (unpaired) electrons. The van der Waals surface area contributed by atoms with Gasteiger partial charge < -0.3 is 5.32 Å². The van der Waals surface area contributed by atoms with Gasteiger partial charge in [0.25, 0.3) is 0 Å². The van der Waals surface area contributed by atoms with Crippen molar-refractivity contribution < 1.29 is 0 Å². The van der Waals surface area contributed by atoms with Crippen molar-refractivity contribution in [1.29, 1.82) is 0 Å². The van der Waals surface area contributed by atoms with Gasteiger partial charge in [-0.25, -0.2) is 0 Å². The lowest BCUT2D eigenvalue weighted by Crippen LogP contribution is -2.32. The highest BCUT2D eigenvalue weighted by Gasteiger charge is 2.09.